The van der Waals surface area contributed by atoms with Gasteiger partial charge < -0.3 is 9.84 Å². The Morgan fingerprint density at radius 2 is 1.40 bits per heavy atom. The molecular weight excluding hydrogens is 312 g/mol. The summed E-state index contributed by atoms with van der Waals surface area (Å²) in [6.45, 7) is 4.05. The van der Waals surface area contributed by atoms with Gasteiger partial charge in [0.05, 0.1) is 5.56 Å². The Balaban J connectivity index is 2.01. The minimum Gasteiger partial charge on any atom is -0.478 e. The zero-order valence-electron chi connectivity index (χ0n) is 14.1. The highest BCUT2D eigenvalue weighted by Crippen LogP contribution is 2.48. The van der Waals surface area contributed by atoms with Gasteiger partial charge in [-0.25, -0.2) is 4.79 Å². The predicted octanol–water partition coefficient (Wildman–Crippen LogP) is 5.29. The Bertz CT molecular complexity index is 937. The van der Waals surface area contributed by atoms with Gasteiger partial charge in [-0.15, -0.1) is 0 Å². The van der Waals surface area contributed by atoms with Crippen molar-refractivity contribution >= 4 is 5.97 Å². The van der Waals surface area contributed by atoms with E-state index in [0.29, 0.717) is 5.56 Å². The number of ether oxygens (including phenoxy) is 1. The van der Waals surface area contributed by atoms with E-state index in [1.165, 1.54) is 0 Å². The van der Waals surface area contributed by atoms with Gasteiger partial charge in [-0.05, 0) is 48.7 Å². The molecule has 0 aliphatic carbocycles. The molecule has 0 bridgehead atoms. The van der Waals surface area contributed by atoms with Gasteiger partial charge in [-0.1, -0.05) is 42.5 Å². The predicted molar refractivity (Wildman–Crippen MR) is 96.8 cm³/mol. The van der Waals surface area contributed by atoms with Gasteiger partial charge in [0.25, 0.3) is 0 Å². The quantitative estimate of drug-likeness (QED) is 0.543. The lowest BCUT2D eigenvalue weighted by Gasteiger charge is -2.30. The summed E-state index contributed by atoms with van der Waals surface area (Å²) in [6.07, 6.45) is 0. The zero-order valence-corrected chi connectivity index (χ0v) is 14.1. The van der Waals surface area contributed by atoms with E-state index in [1.54, 1.807) is 12.1 Å². The fourth-order valence-electron chi connectivity index (χ4n) is 3.50. The molecule has 4 rings (SSSR count). The van der Waals surface area contributed by atoms with Gasteiger partial charge in [0.1, 0.15) is 11.5 Å². The zero-order chi connectivity index (χ0) is 17.6. The van der Waals surface area contributed by atoms with Crippen LogP contribution in [0.2, 0.25) is 0 Å². The van der Waals surface area contributed by atoms with Gasteiger partial charge in [0.2, 0.25) is 0 Å². The van der Waals surface area contributed by atoms with Gasteiger partial charge in [-0.3, -0.25) is 0 Å². The normalized spacial score (nSPS) is 12.9. The molecule has 1 aliphatic heterocycles. The van der Waals surface area contributed by atoms with Gasteiger partial charge >= 0.3 is 5.97 Å². The van der Waals surface area contributed by atoms with Crippen LogP contribution in [0, 0.1) is 13.8 Å². The second-order valence-corrected chi connectivity index (χ2v) is 6.51. The number of aryl methyl sites for hydroxylation is 2. The average Bonchev–Trinajstić information content (AvgIpc) is 2.59. The number of rotatable bonds is 2. The van der Waals surface area contributed by atoms with E-state index in [9.17, 15) is 9.90 Å². The molecule has 3 aromatic rings. The van der Waals surface area contributed by atoms with Crippen molar-refractivity contribution in [2.75, 3.05) is 0 Å². The van der Waals surface area contributed by atoms with Crippen molar-refractivity contribution in [2.45, 2.75) is 19.8 Å². The fraction of sp³-hybridized carbons (Fsp3) is 0.136. The summed E-state index contributed by atoms with van der Waals surface area (Å²) in [5.41, 5.74) is 5.33. The van der Waals surface area contributed by atoms with Gasteiger partial charge in [0, 0.05) is 17.0 Å². The molecule has 0 saturated heterocycles. The van der Waals surface area contributed by atoms with Crippen LogP contribution < -0.4 is 4.74 Å². The van der Waals surface area contributed by atoms with Crippen LogP contribution in [0.4, 0.5) is 0 Å². The standard InChI is InChI=1S/C22H18O3/c1-13-7-9-17-19(11-13)25-20-12-14(2)8-10-18(20)21(17)15-5-3-4-6-16(15)22(23)24/h3-12,21H,1-2H3,(H,23,24). The maximum Gasteiger partial charge on any atom is 0.335 e. The number of hydrogen-bond donors (Lipinski definition) is 1. The number of carboxylic acids is 1. The van der Waals surface area contributed by atoms with Crippen molar-refractivity contribution in [3.8, 4) is 11.5 Å². The first-order valence-corrected chi connectivity index (χ1v) is 8.26. The SMILES string of the molecule is Cc1ccc2c(c1)Oc1cc(C)ccc1C2c1ccccc1C(=O)O. The molecule has 0 amide bonds. The summed E-state index contributed by atoms with van der Waals surface area (Å²) in [5, 5.41) is 9.65. The second-order valence-electron chi connectivity index (χ2n) is 6.51. The Labute approximate surface area is 146 Å². The highest BCUT2D eigenvalue weighted by Gasteiger charge is 2.31. The molecule has 124 valence electrons. The first-order chi connectivity index (χ1) is 12.0. The molecular formula is C22H18O3. The van der Waals surface area contributed by atoms with Crippen LogP contribution in [-0.2, 0) is 0 Å². The topological polar surface area (TPSA) is 46.5 Å². The third kappa shape index (κ3) is 2.58. The van der Waals surface area contributed by atoms with Gasteiger partial charge in [-0.2, -0.15) is 0 Å². The summed E-state index contributed by atoms with van der Waals surface area (Å²) in [7, 11) is 0. The van der Waals surface area contributed by atoms with Crippen LogP contribution in [0.1, 0.15) is 44.1 Å². The number of fused-ring (bicyclic) bond motifs is 2. The molecule has 1 N–H and O–H groups in total. The smallest absolute Gasteiger partial charge is 0.335 e. The van der Waals surface area contributed by atoms with Crippen LogP contribution in [0.25, 0.3) is 0 Å². The second kappa shape index (κ2) is 5.78. The van der Waals surface area contributed by atoms with Crippen LogP contribution in [0.5, 0.6) is 11.5 Å². The van der Waals surface area contributed by atoms with E-state index in [-0.39, 0.29) is 5.92 Å². The minimum absolute atomic E-state index is 0.160. The average molecular weight is 330 g/mol. The minimum atomic E-state index is -0.913. The molecule has 1 heterocycles. The molecule has 0 spiro atoms. The summed E-state index contributed by atoms with van der Waals surface area (Å²) >= 11 is 0. The van der Waals surface area contributed by atoms with Crippen molar-refractivity contribution in [3.63, 3.8) is 0 Å². The lowest BCUT2D eigenvalue weighted by Crippen LogP contribution is -2.15. The molecule has 0 unspecified atom stereocenters. The first kappa shape index (κ1) is 15.5. The summed E-state index contributed by atoms with van der Waals surface area (Å²) < 4.78 is 6.14. The number of hydrogen-bond acceptors (Lipinski definition) is 2. The van der Waals surface area contributed by atoms with Crippen molar-refractivity contribution in [1.82, 2.24) is 0 Å². The van der Waals surface area contributed by atoms with Crippen LogP contribution in [-0.4, -0.2) is 11.1 Å². The fourth-order valence-corrected chi connectivity index (χ4v) is 3.50. The Kier molecular flexibility index (Phi) is 3.57. The molecule has 3 nitrogen and oxygen atoms in total. The lowest BCUT2D eigenvalue weighted by atomic mass is 9.80. The van der Waals surface area contributed by atoms with E-state index < -0.39 is 5.97 Å². The maximum atomic E-state index is 11.8. The molecule has 0 atom stereocenters. The number of aromatic carboxylic acids is 1. The molecule has 1 aliphatic rings. The van der Waals surface area contributed by atoms with Crippen molar-refractivity contribution in [3.05, 3.63) is 94.0 Å². The molecule has 0 saturated carbocycles. The van der Waals surface area contributed by atoms with Crippen LogP contribution in [0.3, 0.4) is 0 Å². The first-order valence-electron chi connectivity index (χ1n) is 8.26. The molecule has 0 fully saturated rings. The van der Waals surface area contributed by atoms with E-state index in [4.69, 9.17) is 4.74 Å². The van der Waals surface area contributed by atoms with Crippen molar-refractivity contribution in [2.24, 2.45) is 0 Å². The molecule has 25 heavy (non-hydrogen) atoms. The monoisotopic (exact) mass is 330 g/mol. The maximum absolute atomic E-state index is 11.8. The van der Waals surface area contributed by atoms with Crippen LogP contribution in [0.15, 0.2) is 60.7 Å². The summed E-state index contributed by atoms with van der Waals surface area (Å²) in [6, 6.07) is 19.4. The molecule has 0 radical (unpaired) electrons. The number of carbonyl (C=O) groups is 1. The van der Waals surface area contributed by atoms with Crippen molar-refractivity contribution < 1.29 is 14.6 Å². The highest BCUT2D eigenvalue weighted by molar-refractivity contribution is 5.90. The van der Waals surface area contributed by atoms with E-state index in [2.05, 4.69) is 0 Å². The van der Waals surface area contributed by atoms with E-state index in [0.717, 1.165) is 39.3 Å². The lowest BCUT2D eigenvalue weighted by molar-refractivity contribution is 0.0695. The third-order valence-corrected chi connectivity index (χ3v) is 4.68. The van der Waals surface area contributed by atoms with Crippen molar-refractivity contribution in [1.29, 1.82) is 0 Å². The highest BCUT2D eigenvalue weighted by atomic mass is 16.5. The summed E-state index contributed by atoms with van der Waals surface area (Å²) in [5.74, 6) is 0.517. The van der Waals surface area contributed by atoms with E-state index in [1.807, 2.05) is 62.4 Å². The Morgan fingerprint density at radius 1 is 0.840 bits per heavy atom. The largest absolute Gasteiger partial charge is 0.478 e. The Hall–Kier alpha value is -3.07. The van der Waals surface area contributed by atoms with Gasteiger partial charge in [0.15, 0.2) is 0 Å². The van der Waals surface area contributed by atoms with Crippen LogP contribution >= 0.6 is 0 Å². The Morgan fingerprint density at radius 3 is 1.96 bits per heavy atom. The molecule has 0 aromatic heterocycles. The van der Waals surface area contributed by atoms with E-state index >= 15 is 0 Å². The molecule has 3 heteroatoms. The molecule has 3 aromatic carbocycles. The number of benzene rings is 3. The summed E-state index contributed by atoms with van der Waals surface area (Å²) in [4.78, 5) is 11.8. The number of carboxylic acid groups (broad SMARTS) is 1. The third-order valence-electron chi connectivity index (χ3n) is 4.68.